The van der Waals surface area contributed by atoms with Crippen molar-refractivity contribution in [2.24, 2.45) is 0 Å². The first-order valence-electron chi connectivity index (χ1n) is 9.02. The molecule has 2 aromatic carbocycles. The molecule has 0 spiro atoms. The Balaban J connectivity index is 1.64. The minimum atomic E-state index is -0.935. The molecule has 3 aromatic rings. The lowest BCUT2D eigenvalue weighted by Gasteiger charge is -2.16. The number of benzene rings is 2. The second-order valence-corrected chi connectivity index (χ2v) is 7.01. The minimum absolute atomic E-state index is 0.0298. The first-order valence-corrected chi connectivity index (χ1v) is 9.02. The molecule has 6 heteroatoms. The Morgan fingerprint density at radius 2 is 1.82 bits per heavy atom. The molecule has 0 aliphatic heterocycles. The van der Waals surface area contributed by atoms with Gasteiger partial charge < -0.3 is 19.6 Å². The number of phenols is 1. The lowest BCUT2D eigenvalue weighted by Crippen LogP contribution is -2.31. The van der Waals surface area contributed by atoms with Crippen LogP contribution in [0.25, 0.3) is 11.0 Å². The van der Waals surface area contributed by atoms with E-state index in [4.69, 9.17) is 9.15 Å². The highest BCUT2D eigenvalue weighted by atomic mass is 16.5. The fourth-order valence-electron chi connectivity index (χ4n) is 3.26. The number of fused-ring (bicyclic) bond motifs is 1. The summed E-state index contributed by atoms with van der Waals surface area (Å²) in [6, 6.07) is 8.65. The van der Waals surface area contributed by atoms with E-state index in [1.54, 1.807) is 6.07 Å². The quantitative estimate of drug-likeness (QED) is 0.647. The number of furan rings is 1. The monoisotopic (exact) mass is 381 g/mol. The third kappa shape index (κ3) is 4.17. The van der Waals surface area contributed by atoms with Crippen molar-refractivity contribution in [1.82, 2.24) is 0 Å². The van der Waals surface area contributed by atoms with E-state index in [1.807, 2.05) is 32.9 Å². The van der Waals surface area contributed by atoms with Crippen LogP contribution in [0.1, 0.15) is 29.2 Å². The number of carbonyl (C=O) groups excluding carboxylic acids is 2. The van der Waals surface area contributed by atoms with Gasteiger partial charge in [-0.15, -0.1) is 0 Å². The number of nitrogens with one attached hydrogen (secondary N) is 1. The molecule has 1 atom stereocenters. The zero-order chi connectivity index (χ0) is 20.4. The summed E-state index contributed by atoms with van der Waals surface area (Å²) >= 11 is 0. The van der Waals surface area contributed by atoms with E-state index in [-0.39, 0.29) is 18.1 Å². The van der Waals surface area contributed by atoms with Crippen LogP contribution in [-0.4, -0.2) is 23.1 Å². The molecule has 3 rings (SSSR count). The van der Waals surface area contributed by atoms with Crippen molar-refractivity contribution >= 4 is 28.5 Å². The summed E-state index contributed by atoms with van der Waals surface area (Å²) in [5.74, 6) is -0.830. The number of hydrogen-bond donors (Lipinski definition) is 2. The number of aromatic hydroxyl groups is 1. The van der Waals surface area contributed by atoms with Crippen molar-refractivity contribution in [2.45, 2.75) is 40.2 Å². The Kier molecular flexibility index (Phi) is 5.40. The summed E-state index contributed by atoms with van der Waals surface area (Å²) in [6.07, 6.45) is 0.488. The molecule has 0 saturated heterocycles. The molecule has 1 aromatic heterocycles. The molecule has 2 N–H and O–H groups in total. The molecular weight excluding hydrogens is 358 g/mol. The van der Waals surface area contributed by atoms with Crippen molar-refractivity contribution < 1.29 is 23.8 Å². The maximum absolute atomic E-state index is 12.5. The zero-order valence-electron chi connectivity index (χ0n) is 16.3. The van der Waals surface area contributed by atoms with Gasteiger partial charge in [-0.05, 0) is 51.0 Å². The van der Waals surface area contributed by atoms with E-state index < -0.39 is 12.1 Å². The standard InChI is InChI=1S/C22H23NO5/c1-12-7-13(2)21(14(3)8-12)23-22(26)15(4)28-20(25)9-16-11-27-19-10-17(24)5-6-18(16)19/h5-8,10-11,15,24H,9H2,1-4H3,(H,23,26)/t15-/m1/s1. The van der Waals surface area contributed by atoms with Gasteiger partial charge in [0.2, 0.25) is 0 Å². The fraction of sp³-hybridized carbons (Fsp3) is 0.273. The Morgan fingerprint density at radius 3 is 2.50 bits per heavy atom. The highest BCUT2D eigenvalue weighted by Gasteiger charge is 2.20. The summed E-state index contributed by atoms with van der Waals surface area (Å²) < 4.78 is 10.6. The number of ether oxygens (including phenoxy) is 1. The maximum Gasteiger partial charge on any atom is 0.311 e. The maximum atomic E-state index is 12.5. The molecule has 28 heavy (non-hydrogen) atoms. The van der Waals surface area contributed by atoms with Crippen LogP contribution < -0.4 is 5.32 Å². The Bertz CT molecular complexity index is 1030. The van der Waals surface area contributed by atoms with E-state index in [1.165, 1.54) is 25.3 Å². The van der Waals surface area contributed by atoms with Crippen LogP contribution in [0.2, 0.25) is 0 Å². The minimum Gasteiger partial charge on any atom is -0.508 e. The van der Waals surface area contributed by atoms with E-state index in [2.05, 4.69) is 5.32 Å². The van der Waals surface area contributed by atoms with E-state index in [0.29, 0.717) is 11.1 Å². The molecule has 0 fully saturated rings. The van der Waals surface area contributed by atoms with Crippen LogP contribution >= 0.6 is 0 Å². The number of carbonyl (C=O) groups is 2. The molecule has 1 heterocycles. The van der Waals surface area contributed by atoms with E-state index >= 15 is 0 Å². The number of rotatable bonds is 5. The SMILES string of the molecule is Cc1cc(C)c(NC(=O)[C@@H](C)OC(=O)Cc2coc3cc(O)ccc23)c(C)c1. The van der Waals surface area contributed by atoms with Gasteiger partial charge in [0.25, 0.3) is 5.91 Å². The second-order valence-electron chi connectivity index (χ2n) is 7.01. The van der Waals surface area contributed by atoms with Crippen molar-refractivity contribution in [3.63, 3.8) is 0 Å². The Morgan fingerprint density at radius 1 is 1.14 bits per heavy atom. The summed E-state index contributed by atoms with van der Waals surface area (Å²) in [5.41, 5.74) is 4.89. The van der Waals surface area contributed by atoms with Gasteiger partial charge in [-0.1, -0.05) is 17.7 Å². The molecule has 0 unspecified atom stereocenters. The van der Waals surface area contributed by atoms with Gasteiger partial charge in [0, 0.05) is 22.7 Å². The van der Waals surface area contributed by atoms with Gasteiger partial charge in [0.05, 0.1) is 12.7 Å². The van der Waals surface area contributed by atoms with Gasteiger partial charge in [-0.2, -0.15) is 0 Å². The molecule has 0 aliphatic rings. The van der Waals surface area contributed by atoms with Crippen LogP contribution in [0.15, 0.2) is 41.0 Å². The number of anilines is 1. The van der Waals surface area contributed by atoms with Crippen molar-refractivity contribution in [2.75, 3.05) is 5.32 Å². The lowest BCUT2D eigenvalue weighted by atomic mass is 10.0. The first-order chi connectivity index (χ1) is 13.2. The molecule has 0 bridgehead atoms. The summed E-state index contributed by atoms with van der Waals surface area (Å²) in [5, 5.41) is 13.0. The molecule has 0 radical (unpaired) electrons. The Hall–Kier alpha value is -3.28. The highest BCUT2D eigenvalue weighted by Crippen LogP contribution is 2.26. The summed E-state index contributed by atoms with van der Waals surface area (Å²) in [4.78, 5) is 24.7. The van der Waals surface area contributed by atoms with Gasteiger partial charge in [0.15, 0.2) is 6.10 Å². The first kappa shape index (κ1) is 19.5. The van der Waals surface area contributed by atoms with Crippen molar-refractivity contribution in [3.05, 3.63) is 58.8 Å². The number of phenolic OH excluding ortho intramolecular Hbond substituents is 1. The molecule has 6 nitrogen and oxygen atoms in total. The average Bonchev–Trinajstić information content (AvgIpc) is 2.99. The molecular formula is C22H23NO5. The number of esters is 1. The van der Waals surface area contributed by atoms with Crippen LogP contribution in [0.4, 0.5) is 5.69 Å². The molecule has 1 amide bonds. The van der Waals surface area contributed by atoms with Crippen LogP contribution in [0.5, 0.6) is 5.75 Å². The van der Waals surface area contributed by atoms with E-state index in [9.17, 15) is 14.7 Å². The van der Waals surface area contributed by atoms with Crippen LogP contribution in [0, 0.1) is 20.8 Å². The van der Waals surface area contributed by atoms with E-state index in [0.717, 1.165) is 27.8 Å². The normalized spacial score (nSPS) is 12.0. The third-order valence-corrected chi connectivity index (χ3v) is 4.58. The number of aryl methyl sites for hydroxylation is 3. The number of hydrogen-bond acceptors (Lipinski definition) is 5. The zero-order valence-corrected chi connectivity index (χ0v) is 16.3. The van der Waals surface area contributed by atoms with Crippen LogP contribution in [-0.2, 0) is 20.7 Å². The van der Waals surface area contributed by atoms with Crippen molar-refractivity contribution in [1.29, 1.82) is 0 Å². The largest absolute Gasteiger partial charge is 0.508 e. The van der Waals surface area contributed by atoms with Crippen molar-refractivity contribution in [3.8, 4) is 5.75 Å². The topological polar surface area (TPSA) is 88.8 Å². The molecule has 0 saturated carbocycles. The highest BCUT2D eigenvalue weighted by molar-refractivity contribution is 5.96. The Labute approximate surface area is 163 Å². The third-order valence-electron chi connectivity index (χ3n) is 4.58. The lowest BCUT2D eigenvalue weighted by molar-refractivity contribution is -0.152. The second kappa shape index (κ2) is 7.76. The fourth-order valence-corrected chi connectivity index (χ4v) is 3.26. The summed E-state index contributed by atoms with van der Waals surface area (Å²) in [6.45, 7) is 7.39. The summed E-state index contributed by atoms with van der Waals surface area (Å²) in [7, 11) is 0. The van der Waals surface area contributed by atoms with Gasteiger partial charge >= 0.3 is 5.97 Å². The molecule has 0 aliphatic carbocycles. The van der Waals surface area contributed by atoms with Crippen LogP contribution in [0.3, 0.4) is 0 Å². The van der Waals surface area contributed by atoms with Gasteiger partial charge in [-0.3, -0.25) is 9.59 Å². The van der Waals surface area contributed by atoms with Gasteiger partial charge in [-0.25, -0.2) is 0 Å². The predicted molar refractivity (Wildman–Crippen MR) is 106 cm³/mol. The number of amides is 1. The van der Waals surface area contributed by atoms with Gasteiger partial charge in [0.1, 0.15) is 11.3 Å². The predicted octanol–water partition coefficient (Wildman–Crippen LogP) is 4.18. The molecule has 146 valence electrons. The average molecular weight is 381 g/mol. The smallest absolute Gasteiger partial charge is 0.311 e.